The largest absolute Gasteiger partial charge is 0.193 e. The highest BCUT2D eigenvalue weighted by Gasteiger charge is 2.30. The van der Waals surface area contributed by atoms with Gasteiger partial charge in [0.1, 0.15) is 0 Å². The van der Waals surface area contributed by atoms with Gasteiger partial charge in [0.15, 0.2) is 0 Å². The van der Waals surface area contributed by atoms with E-state index < -0.39 is 0 Å². The maximum absolute atomic E-state index is 8.50. The predicted octanol–water partition coefficient (Wildman–Crippen LogP) is 8.99. The van der Waals surface area contributed by atoms with Gasteiger partial charge in [0.2, 0.25) is 0 Å². The average Bonchev–Trinajstić information content (AvgIpc) is 2.85. The highest BCUT2D eigenvalue weighted by Crippen LogP contribution is 2.43. The molecule has 1 aromatic carbocycles. The molecule has 32 heavy (non-hydrogen) atoms. The standard InChI is InChI=1S/C31H45N/c1-2-26-13-15-27(16-14-26)11-7-8-12-29-19-23-31(24-20-29)30-21-17-28(18-22-30)10-6-4-3-5-9-25-32/h3-5,9,13-16,28-31H,2,6-8,10-12,17-24H2,1H3. The molecule has 0 spiro atoms. The molecule has 0 aliphatic heterocycles. The van der Waals surface area contributed by atoms with Gasteiger partial charge >= 0.3 is 0 Å². The zero-order valence-corrected chi connectivity index (χ0v) is 20.5. The third-order valence-electron chi connectivity index (χ3n) is 8.37. The predicted molar refractivity (Wildman–Crippen MR) is 137 cm³/mol. The van der Waals surface area contributed by atoms with E-state index in [-0.39, 0.29) is 0 Å². The number of aryl methyl sites for hydroxylation is 2. The van der Waals surface area contributed by atoms with Crippen molar-refractivity contribution in [2.75, 3.05) is 0 Å². The number of rotatable bonds is 11. The molecule has 0 N–H and O–H groups in total. The highest BCUT2D eigenvalue weighted by molar-refractivity contribution is 5.22. The van der Waals surface area contributed by atoms with Crippen LogP contribution in [0.5, 0.6) is 0 Å². The van der Waals surface area contributed by atoms with Gasteiger partial charge in [-0.1, -0.05) is 87.9 Å². The lowest BCUT2D eigenvalue weighted by molar-refractivity contribution is 0.140. The quantitative estimate of drug-likeness (QED) is 0.195. The monoisotopic (exact) mass is 431 g/mol. The van der Waals surface area contributed by atoms with Crippen LogP contribution in [0.2, 0.25) is 0 Å². The van der Waals surface area contributed by atoms with E-state index in [1.165, 1.54) is 101 Å². The summed E-state index contributed by atoms with van der Waals surface area (Å²) in [6, 6.07) is 11.3. The molecule has 2 fully saturated rings. The fraction of sp³-hybridized carbons (Fsp3) is 0.645. The summed E-state index contributed by atoms with van der Waals surface area (Å²) in [5, 5.41) is 8.50. The number of hydrogen-bond acceptors (Lipinski definition) is 1. The minimum atomic E-state index is 0.936. The maximum Gasteiger partial charge on any atom is 0.0912 e. The van der Waals surface area contributed by atoms with Crippen molar-refractivity contribution in [1.29, 1.82) is 5.26 Å². The molecule has 174 valence electrons. The Morgan fingerprint density at radius 1 is 0.781 bits per heavy atom. The second-order valence-corrected chi connectivity index (χ2v) is 10.5. The smallest absolute Gasteiger partial charge is 0.0912 e. The molecule has 2 saturated carbocycles. The number of allylic oxidation sites excluding steroid dienone is 4. The third-order valence-corrected chi connectivity index (χ3v) is 8.37. The van der Waals surface area contributed by atoms with Crippen LogP contribution in [0.25, 0.3) is 0 Å². The van der Waals surface area contributed by atoms with E-state index in [1.54, 1.807) is 6.08 Å². The Morgan fingerprint density at radius 3 is 1.97 bits per heavy atom. The molecule has 1 nitrogen and oxygen atoms in total. The van der Waals surface area contributed by atoms with E-state index in [4.69, 9.17) is 5.26 Å². The number of benzene rings is 1. The van der Waals surface area contributed by atoms with Crippen molar-refractivity contribution < 1.29 is 0 Å². The first kappa shape index (κ1) is 24.8. The topological polar surface area (TPSA) is 23.8 Å². The summed E-state index contributed by atoms with van der Waals surface area (Å²) in [5.41, 5.74) is 2.98. The summed E-state index contributed by atoms with van der Waals surface area (Å²) in [5.74, 6) is 3.99. The molecule has 1 heteroatoms. The minimum Gasteiger partial charge on any atom is -0.193 e. The first-order chi connectivity index (χ1) is 15.8. The van der Waals surface area contributed by atoms with E-state index in [1.807, 2.05) is 18.2 Å². The van der Waals surface area contributed by atoms with Gasteiger partial charge in [0.05, 0.1) is 6.07 Å². The van der Waals surface area contributed by atoms with Gasteiger partial charge in [0.25, 0.3) is 0 Å². The molecule has 0 atom stereocenters. The van der Waals surface area contributed by atoms with Gasteiger partial charge in [-0.25, -0.2) is 0 Å². The minimum absolute atomic E-state index is 0.936. The highest BCUT2D eigenvalue weighted by atomic mass is 14.4. The van der Waals surface area contributed by atoms with Crippen LogP contribution >= 0.6 is 0 Å². The fourth-order valence-electron chi connectivity index (χ4n) is 6.21. The zero-order valence-electron chi connectivity index (χ0n) is 20.5. The van der Waals surface area contributed by atoms with E-state index in [0.717, 1.165) is 30.1 Å². The maximum atomic E-state index is 8.50. The molecular formula is C31H45N. The summed E-state index contributed by atoms with van der Waals surface area (Å²) >= 11 is 0. The lowest BCUT2D eigenvalue weighted by Crippen LogP contribution is -2.25. The molecule has 0 unspecified atom stereocenters. The molecule has 0 radical (unpaired) electrons. The van der Waals surface area contributed by atoms with Gasteiger partial charge in [-0.3, -0.25) is 0 Å². The Bertz CT molecular complexity index is 719. The van der Waals surface area contributed by atoms with E-state index in [2.05, 4.69) is 37.3 Å². The summed E-state index contributed by atoms with van der Waals surface area (Å²) in [6.07, 6.45) is 28.6. The van der Waals surface area contributed by atoms with Crippen molar-refractivity contribution in [2.24, 2.45) is 23.7 Å². The fourth-order valence-corrected chi connectivity index (χ4v) is 6.21. The van der Waals surface area contributed by atoms with Crippen LogP contribution in [-0.2, 0) is 12.8 Å². The SMILES string of the molecule is CCc1ccc(CCCCC2CCC(C3CCC(CCC=CC=CC#N)CC3)CC2)cc1. The molecule has 0 amide bonds. The Hall–Kier alpha value is -1.81. The zero-order chi connectivity index (χ0) is 22.4. The molecule has 0 aromatic heterocycles. The summed E-state index contributed by atoms with van der Waals surface area (Å²) < 4.78 is 0. The Balaban J connectivity index is 1.24. The number of hydrogen-bond donors (Lipinski definition) is 0. The normalized spacial score (nSPS) is 26.5. The summed E-state index contributed by atoms with van der Waals surface area (Å²) in [6.45, 7) is 2.23. The molecule has 2 aliphatic carbocycles. The molecule has 0 heterocycles. The van der Waals surface area contributed by atoms with Crippen molar-refractivity contribution >= 4 is 0 Å². The lowest BCUT2D eigenvalue weighted by atomic mass is 9.68. The van der Waals surface area contributed by atoms with Crippen molar-refractivity contribution in [3.8, 4) is 6.07 Å². The summed E-state index contributed by atoms with van der Waals surface area (Å²) in [4.78, 5) is 0. The second kappa shape index (κ2) is 14.4. The van der Waals surface area contributed by atoms with Crippen LogP contribution < -0.4 is 0 Å². The van der Waals surface area contributed by atoms with E-state index in [0.29, 0.717) is 0 Å². The third kappa shape index (κ3) is 8.61. The van der Waals surface area contributed by atoms with Gasteiger partial charge in [-0.15, -0.1) is 0 Å². The molecule has 0 bridgehead atoms. The van der Waals surface area contributed by atoms with Crippen LogP contribution in [0, 0.1) is 35.0 Å². The van der Waals surface area contributed by atoms with Crippen molar-refractivity contribution in [3.63, 3.8) is 0 Å². The van der Waals surface area contributed by atoms with Crippen LogP contribution in [0.3, 0.4) is 0 Å². The first-order valence-corrected chi connectivity index (χ1v) is 13.6. The molecule has 0 saturated heterocycles. The van der Waals surface area contributed by atoms with Crippen molar-refractivity contribution in [2.45, 2.75) is 103 Å². The number of nitrogens with zero attached hydrogens (tertiary/aromatic N) is 1. The molecular weight excluding hydrogens is 386 g/mol. The van der Waals surface area contributed by atoms with Gasteiger partial charge in [0, 0.05) is 6.08 Å². The van der Waals surface area contributed by atoms with E-state index >= 15 is 0 Å². The van der Waals surface area contributed by atoms with Gasteiger partial charge in [-0.05, 0) is 92.6 Å². The van der Waals surface area contributed by atoms with Crippen molar-refractivity contribution in [3.05, 3.63) is 59.7 Å². The van der Waals surface area contributed by atoms with Gasteiger partial charge < -0.3 is 0 Å². The van der Waals surface area contributed by atoms with Crippen LogP contribution in [0.1, 0.15) is 102 Å². The number of unbranched alkanes of at least 4 members (excludes halogenated alkanes) is 1. The molecule has 3 rings (SSSR count). The Kier molecular flexibility index (Phi) is 11.1. The van der Waals surface area contributed by atoms with Crippen LogP contribution in [0.15, 0.2) is 48.6 Å². The Morgan fingerprint density at radius 2 is 1.38 bits per heavy atom. The van der Waals surface area contributed by atoms with E-state index in [9.17, 15) is 0 Å². The van der Waals surface area contributed by atoms with Crippen molar-refractivity contribution in [1.82, 2.24) is 0 Å². The molecule has 1 aromatic rings. The van der Waals surface area contributed by atoms with Crippen LogP contribution in [-0.4, -0.2) is 0 Å². The Labute approximate surface area is 198 Å². The molecule has 2 aliphatic rings. The first-order valence-electron chi connectivity index (χ1n) is 13.6. The van der Waals surface area contributed by atoms with Crippen LogP contribution in [0.4, 0.5) is 0 Å². The van der Waals surface area contributed by atoms with Gasteiger partial charge in [-0.2, -0.15) is 5.26 Å². The number of nitriles is 1. The second-order valence-electron chi connectivity index (χ2n) is 10.5. The lowest BCUT2D eigenvalue weighted by Gasteiger charge is -2.38. The summed E-state index contributed by atoms with van der Waals surface area (Å²) in [7, 11) is 0. The average molecular weight is 432 g/mol.